The molecular formula is C12H15N3O2. The van der Waals surface area contributed by atoms with Crippen LogP contribution in [0.5, 0.6) is 0 Å². The molecule has 1 unspecified atom stereocenters. The third kappa shape index (κ3) is 3.18. The molecule has 0 radical (unpaired) electrons. The second-order valence-corrected chi connectivity index (χ2v) is 3.74. The van der Waals surface area contributed by atoms with Gasteiger partial charge >= 0.3 is 5.97 Å². The van der Waals surface area contributed by atoms with Gasteiger partial charge in [0.25, 0.3) is 0 Å². The van der Waals surface area contributed by atoms with Crippen LogP contribution in [0.15, 0.2) is 18.5 Å². The molecule has 1 rings (SSSR count). The van der Waals surface area contributed by atoms with Gasteiger partial charge in [-0.1, -0.05) is 0 Å². The third-order valence-electron chi connectivity index (χ3n) is 2.57. The molecule has 0 aliphatic carbocycles. The Morgan fingerprint density at radius 1 is 1.71 bits per heavy atom. The summed E-state index contributed by atoms with van der Waals surface area (Å²) in [6, 6.07) is 3.55. The number of aliphatic carboxylic acids is 1. The number of carbonyl (C=O) groups is 1. The highest BCUT2D eigenvalue weighted by Gasteiger charge is 2.18. The van der Waals surface area contributed by atoms with Crippen LogP contribution < -0.4 is 4.90 Å². The van der Waals surface area contributed by atoms with Crippen molar-refractivity contribution < 1.29 is 9.90 Å². The highest BCUT2D eigenvalue weighted by atomic mass is 16.4. The Morgan fingerprint density at radius 3 is 2.94 bits per heavy atom. The van der Waals surface area contributed by atoms with E-state index in [1.54, 1.807) is 18.5 Å². The molecule has 1 aromatic rings. The second-order valence-electron chi connectivity index (χ2n) is 3.74. The topological polar surface area (TPSA) is 77.2 Å². The van der Waals surface area contributed by atoms with Crippen molar-refractivity contribution in [3.05, 3.63) is 24.0 Å². The van der Waals surface area contributed by atoms with Gasteiger partial charge in [-0.25, -0.2) is 0 Å². The van der Waals surface area contributed by atoms with Gasteiger partial charge in [0.05, 0.1) is 23.9 Å². The van der Waals surface area contributed by atoms with E-state index >= 15 is 0 Å². The first-order valence-corrected chi connectivity index (χ1v) is 5.42. The van der Waals surface area contributed by atoms with Crippen LogP contribution in [0.4, 0.5) is 5.69 Å². The zero-order valence-corrected chi connectivity index (χ0v) is 9.92. The smallest absolute Gasteiger partial charge is 0.305 e. The van der Waals surface area contributed by atoms with Gasteiger partial charge in [0.15, 0.2) is 0 Å². The van der Waals surface area contributed by atoms with Crippen LogP contribution >= 0.6 is 0 Å². The summed E-state index contributed by atoms with van der Waals surface area (Å²) >= 11 is 0. The number of carboxylic acids is 1. The predicted octanol–water partition coefficient (Wildman–Crippen LogP) is 1.64. The number of aromatic nitrogens is 1. The van der Waals surface area contributed by atoms with E-state index in [1.165, 1.54) is 0 Å². The molecule has 1 atom stereocenters. The number of anilines is 1. The van der Waals surface area contributed by atoms with Crippen molar-refractivity contribution in [1.29, 1.82) is 5.26 Å². The van der Waals surface area contributed by atoms with Gasteiger partial charge in [-0.15, -0.1) is 0 Å². The lowest BCUT2D eigenvalue weighted by Crippen LogP contribution is -2.35. The molecule has 17 heavy (non-hydrogen) atoms. The lowest BCUT2D eigenvalue weighted by atomic mass is 10.1. The molecule has 1 heterocycles. The summed E-state index contributed by atoms with van der Waals surface area (Å²) in [6.45, 7) is 4.38. The Hall–Kier alpha value is -2.09. The lowest BCUT2D eigenvalue weighted by Gasteiger charge is -2.29. The van der Waals surface area contributed by atoms with Crippen LogP contribution in [0, 0.1) is 11.3 Å². The third-order valence-corrected chi connectivity index (χ3v) is 2.57. The molecule has 90 valence electrons. The minimum absolute atomic E-state index is 0.0353. The maximum Gasteiger partial charge on any atom is 0.305 e. The van der Waals surface area contributed by atoms with Gasteiger partial charge in [-0.05, 0) is 19.9 Å². The number of pyridine rings is 1. The number of nitrogens with zero attached hydrogens (tertiary/aromatic N) is 3. The van der Waals surface area contributed by atoms with Crippen LogP contribution in [0.25, 0.3) is 0 Å². The first-order valence-electron chi connectivity index (χ1n) is 5.42. The van der Waals surface area contributed by atoms with Gasteiger partial charge in [-0.3, -0.25) is 9.78 Å². The van der Waals surface area contributed by atoms with Gasteiger partial charge in [0.2, 0.25) is 0 Å². The number of nitriles is 1. The van der Waals surface area contributed by atoms with E-state index in [2.05, 4.69) is 11.1 Å². The van der Waals surface area contributed by atoms with E-state index in [-0.39, 0.29) is 12.5 Å². The van der Waals surface area contributed by atoms with Crippen molar-refractivity contribution >= 4 is 11.7 Å². The molecular weight excluding hydrogens is 218 g/mol. The van der Waals surface area contributed by atoms with Gasteiger partial charge in [0, 0.05) is 18.8 Å². The van der Waals surface area contributed by atoms with Crippen molar-refractivity contribution in [1.82, 2.24) is 4.98 Å². The van der Waals surface area contributed by atoms with E-state index in [9.17, 15) is 4.79 Å². The van der Waals surface area contributed by atoms with E-state index in [0.717, 1.165) is 0 Å². The monoisotopic (exact) mass is 233 g/mol. The maximum atomic E-state index is 10.7. The largest absolute Gasteiger partial charge is 0.481 e. The van der Waals surface area contributed by atoms with E-state index in [4.69, 9.17) is 10.4 Å². The summed E-state index contributed by atoms with van der Waals surface area (Å²) in [7, 11) is 0. The Kier molecular flexibility index (Phi) is 4.46. The number of carboxylic acid groups (broad SMARTS) is 1. The fourth-order valence-corrected chi connectivity index (χ4v) is 1.79. The van der Waals surface area contributed by atoms with Crippen molar-refractivity contribution in [2.24, 2.45) is 0 Å². The summed E-state index contributed by atoms with van der Waals surface area (Å²) in [5.74, 6) is -0.849. The molecule has 0 amide bonds. The summed E-state index contributed by atoms with van der Waals surface area (Å²) < 4.78 is 0. The molecule has 5 nitrogen and oxygen atoms in total. The molecule has 0 fully saturated rings. The summed E-state index contributed by atoms with van der Waals surface area (Å²) in [5, 5.41) is 17.8. The minimum atomic E-state index is -0.849. The molecule has 0 bridgehead atoms. The Balaban J connectivity index is 3.01. The zero-order valence-electron chi connectivity index (χ0n) is 9.92. The molecule has 5 heteroatoms. The van der Waals surface area contributed by atoms with E-state index in [1.807, 2.05) is 18.7 Å². The van der Waals surface area contributed by atoms with Crippen molar-refractivity contribution in [3.8, 4) is 6.07 Å². The molecule has 0 spiro atoms. The summed E-state index contributed by atoms with van der Waals surface area (Å²) in [6.07, 6.45) is 3.19. The van der Waals surface area contributed by atoms with Crippen LogP contribution in [0.1, 0.15) is 25.8 Å². The van der Waals surface area contributed by atoms with Crippen LogP contribution in [0.2, 0.25) is 0 Å². The van der Waals surface area contributed by atoms with E-state index < -0.39 is 5.97 Å². The second kappa shape index (κ2) is 5.85. The van der Waals surface area contributed by atoms with Crippen molar-refractivity contribution in [2.45, 2.75) is 26.3 Å². The normalized spacial score (nSPS) is 11.6. The maximum absolute atomic E-state index is 10.7. The first-order chi connectivity index (χ1) is 8.10. The molecule has 0 aromatic carbocycles. The van der Waals surface area contributed by atoms with Gasteiger partial charge in [-0.2, -0.15) is 5.26 Å². The van der Waals surface area contributed by atoms with Crippen molar-refractivity contribution in [3.63, 3.8) is 0 Å². The SMILES string of the molecule is CCN(c1cnccc1C#N)C(C)CC(=O)O. The first kappa shape index (κ1) is 13.0. The standard InChI is InChI=1S/C12H15N3O2/c1-3-15(9(2)6-12(16)17)11-8-14-5-4-10(11)7-13/h4-5,8-9H,3,6H2,1-2H3,(H,16,17). The molecule has 0 aliphatic rings. The van der Waals surface area contributed by atoms with Gasteiger partial charge < -0.3 is 10.0 Å². The molecule has 0 aliphatic heterocycles. The average Bonchev–Trinajstić information content (AvgIpc) is 2.29. The fraction of sp³-hybridized carbons (Fsp3) is 0.417. The molecule has 0 saturated heterocycles. The number of hydrogen-bond donors (Lipinski definition) is 1. The summed E-state index contributed by atoms with van der Waals surface area (Å²) in [5.41, 5.74) is 1.20. The van der Waals surface area contributed by atoms with Crippen molar-refractivity contribution in [2.75, 3.05) is 11.4 Å². The molecule has 0 saturated carbocycles. The minimum Gasteiger partial charge on any atom is -0.481 e. The number of rotatable bonds is 5. The Labute approximate surface area is 100 Å². The Morgan fingerprint density at radius 2 is 2.41 bits per heavy atom. The van der Waals surface area contributed by atoms with Crippen LogP contribution in [-0.2, 0) is 4.79 Å². The van der Waals surface area contributed by atoms with Gasteiger partial charge in [0.1, 0.15) is 6.07 Å². The van der Waals surface area contributed by atoms with Crippen LogP contribution in [-0.4, -0.2) is 28.6 Å². The quantitative estimate of drug-likeness (QED) is 0.836. The molecule has 1 aromatic heterocycles. The fourth-order valence-electron chi connectivity index (χ4n) is 1.79. The zero-order chi connectivity index (χ0) is 12.8. The highest BCUT2D eigenvalue weighted by molar-refractivity contribution is 5.69. The Bertz CT molecular complexity index is 440. The van der Waals surface area contributed by atoms with E-state index in [0.29, 0.717) is 17.8 Å². The summed E-state index contributed by atoms with van der Waals surface area (Å²) in [4.78, 5) is 16.6. The lowest BCUT2D eigenvalue weighted by molar-refractivity contribution is -0.137. The molecule has 1 N–H and O–H groups in total. The van der Waals surface area contributed by atoms with Crippen LogP contribution in [0.3, 0.4) is 0 Å². The highest BCUT2D eigenvalue weighted by Crippen LogP contribution is 2.21. The average molecular weight is 233 g/mol. The predicted molar refractivity (Wildman–Crippen MR) is 63.7 cm³/mol. The number of hydrogen-bond acceptors (Lipinski definition) is 4.